The molecule has 8 aromatic heterocycles. The number of aryl methyl sites for hydroxylation is 12. The lowest BCUT2D eigenvalue weighted by Gasteiger charge is -2.27. The molecule has 16 rings (SSSR count). The van der Waals surface area contributed by atoms with Crippen LogP contribution < -0.4 is 19.6 Å². The fourth-order valence-electron chi connectivity index (χ4n) is 15.4. The summed E-state index contributed by atoms with van der Waals surface area (Å²) in [5.74, 6) is 3.38. The monoisotopic (exact) mass is 1700 g/mol. The Hall–Kier alpha value is -12.5. The molecule has 0 saturated carbocycles. The highest BCUT2D eigenvalue weighted by molar-refractivity contribution is 9.11. The Labute approximate surface area is 707 Å². The lowest BCUT2D eigenvalue weighted by molar-refractivity contribution is 0.393. The van der Waals surface area contributed by atoms with Gasteiger partial charge in [-0.05, 0) is 294 Å². The molecule has 0 aliphatic carbocycles. The summed E-state index contributed by atoms with van der Waals surface area (Å²) in [5.41, 5.74) is 31.2. The van der Waals surface area contributed by atoms with E-state index in [0.717, 1.165) is 191 Å². The highest BCUT2D eigenvalue weighted by Crippen LogP contribution is 2.43. The fraction of sp³-hybridized carbons (Fsp3) is 0.255. The van der Waals surface area contributed by atoms with Gasteiger partial charge in [-0.3, -0.25) is 0 Å². The Bertz CT molecular complexity index is 5540. The van der Waals surface area contributed by atoms with E-state index in [9.17, 15) is 0 Å². The average Bonchev–Trinajstić information content (AvgIpc) is 1.37. The molecule has 0 aliphatic rings. The quantitative estimate of drug-likeness (QED) is 0.0550. The van der Waals surface area contributed by atoms with Gasteiger partial charge in [-0.1, -0.05) is 107 Å². The first-order valence-electron chi connectivity index (χ1n) is 40.1. The normalized spacial score (nSPS) is 11.1. The number of hydrogen-bond donors (Lipinski definition) is 0. The summed E-state index contributed by atoms with van der Waals surface area (Å²) in [4.78, 5) is 17.7. The summed E-state index contributed by atoms with van der Waals surface area (Å²) in [5, 5.41) is 32.4. The smallest absolute Gasteiger partial charge is 0.141 e. The van der Waals surface area contributed by atoms with Gasteiger partial charge in [0.25, 0.3) is 0 Å². The second-order valence-electron chi connectivity index (χ2n) is 28.5. The number of hydrogen-bond acceptors (Lipinski definition) is 18. The van der Waals surface area contributed by atoms with Gasteiger partial charge < -0.3 is 46.8 Å². The number of rotatable bonds is 24. The van der Waals surface area contributed by atoms with Gasteiger partial charge in [-0.15, -0.1) is 10.2 Å². The Morgan fingerprint density at radius 2 is 0.627 bits per heavy atom. The highest BCUT2D eigenvalue weighted by Gasteiger charge is 2.24. The van der Waals surface area contributed by atoms with E-state index in [1.54, 1.807) is 40.5 Å². The fourth-order valence-corrected chi connectivity index (χ4v) is 16.6. The van der Waals surface area contributed by atoms with Crippen LogP contribution in [0.4, 0.5) is 45.5 Å². The van der Waals surface area contributed by atoms with Crippen LogP contribution in [0.2, 0.25) is 0 Å². The first kappa shape index (κ1) is 83.4. The van der Waals surface area contributed by atoms with Crippen LogP contribution in [0.1, 0.15) is 123 Å². The van der Waals surface area contributed by atoms with Crippen molar-refractivity contribution in [2.24, 2.45) is 0 Å². The van der Waals surface area contributed by atoms with Crippen LogP contribution in [-0.4, -0.2) is 95.9 Å². The van der Waals surface area contributed by atoms with Crippen molar-refractivity contribution in [1.29, 1.82) is 0 Å². The maximum absolute atomic E-state index is 5.40. The van der Waals surface area contributed by atoms with Gasteiger partial charge in [0.1, 0.15) is 23.0 Å². The van der Waals surface area contributed by atoms with Crippen LogP contribution in [0, 0.1) is 55.4 Å². The van der Waals surface area contributed by atoms with Crippen molar-refractivity contribution in [2.75, 3.05) is 45.8 Å². The van der Waals surface area contributed by atoms with E-state index in [1.165, 1.54) is 50.7 Å². The van der Waals surface area contributed by atoms with Gasteiger partial charge in [0.05, 0.1) is 77.3 Å². The lowest BCUT2D eigenvalue weighted by atomic mass is 9.99. The standard InChI is InChI=1S/C24H25BrN4O.C24H26N4O.C23H24BrN5O.C23H25N5O/c1-5-18-7-8-19(24-16(3)27-30-17(24)4)13-23(18)29(6-2)20-9-10-22(21(25)14-20)28-12-11-26-15-28;1-5-19-7-8-20(24-17(3)26-29-18(24)4)15-23(19)28(6-2)22-11-9-21(10-12-22)27-14-13-25-16-27;1-5-17-7-8-18(23-15(3)26-30-16(23)4)13-22(17)28(6-2)19-9-10-21(20(24)14-19)29-12-11-25-27-29;1-5-18-7-8-19(23-16(3)25-29-17(23)4)15-22(18)27(6-2)20-9-11-21(12-10-20)28-14-13-24-26-28/h7-15H,5-6H2,1-4H3;7-16H,5-6H2,1-4H3;7-14H,5-6H2,1-4H3;7-15H,5-6H2,1-4H3. The van der Waals surface area contributed by atoms with Gasteiger partial charge in [0.15, 0.2) is 0 Å². The molecule has 0 aliphatic heterocycles. The van der Waals surface area contributed by atoms with E-state index in [0.29, 0.717) is 0 Å². The number of imidazole rings is 2. The summed E-state index contributed by atoms with van der Waals surface area (Å²) in [7, 11) is 0. The van der Waals surface area contributed by atoms with Crippen LogP contribution in [0.25, 0.3) is 67.3 Å². The zero-order chi connectivity index (χ0) is 83.3. The van der Waals surface area contributed by atoms with E-state index in [1.807, 2.05) is 95.6 Å². The largest absolute Gasteiger partial charge is 0.361 e. The Morgan fingerprint density at radius 3 is 0.915 bits per heavy atom. The van der Waals surface area contributed by atoms with Crippen molar-refractivity contribution in [3.63, 3.8) is 0 Å². The van der Waals surface area contributed by atoms with Gasteiger partial charge in [0, 0.05) is 133 Å². The molecule has 8 aromatic carbocycles. The molecule has 0 N–H and O–H groups in total. The zero-order valence-corrected chi connectivity index (χ0v) is 73.1. The predicted molar refractivity (Wildman–Crippen MR) is 479 cm³/mol. The van der Waals surface area contributed by atoms with Crippen molar-refractivity contribution in [3.05, 3.63) is 297 Å². The number of aromatic nitrogens is 14. The molecule has 0 bridgehead atoms. The molecule has 0 radical (unpaired) electrons. The topological polar surface area (TPSA) is 214 Å². The molecule has 0 spiro atoms. The molecule has 0 atom stereocenters. The summed E-state index contributed by atoms with van der Waals surface area (Å²) >= 11 is 7.45. The molecule has 22 nitrogen and oxygen atoms in total. The molecule has 118 heavy (non-hydrogen) atoms. The molecule has 16 aromatic rings. The molecule has 24 heteroatoms. The maximum atomic E-state index is 5.40. The van der Waals surface area contributed by atoms with Crippen LogP contribution >= 0.6 is 31.9 Å². The van der Waals surface area contributed by atoms with E-state index in [-0.39, 0.29) is 0 Å². The van der Waals surface area contributed by atoms with Crippen molar-refractivity contribution >= 4 is 77.4 Å². The second-order valence-corrected chi connectivity index (χ2v) is 30.2. The summed E-state index contributed by atoms with van der Waals surface area (Å²) < 4.78 is 31.1. The van der Waals surface area contributed by atoms with Crippen molar-refractivity contribution in [1.82, 2.24) is 69.7 Å². The molecular weight excluding hydrogens is 1600 g/mol. The molecule has 604 valence electrons. The third kappa shape index (κ3) is 18.0. The minimum atomic E-state index is 0.839. The Balaban J connectivity index is 0.000000136. The Morgan fingerprint density at radius 1 is 0.314 bits per heavy atom. The second kappa shape index (κ2) is 38.0. The molecule has 0 unspecified atom stereocenters. The third-order valence-electron chi connectivity index (χ3n) is 21.3. The zero-order valence-electron chi connectivity index (χ0n) is 69.9. The molecular formula is C94H100Br2N18O4. The van der Waals surface area contributed by atoms with Gasteiger partial charge in [0.2, 0.25) is 0 Å². The van der Waals surface area contributed by atoms with E-state index in [2.05, 4.69) is 316 Å². The third-order valence-corrected chi connectivity index (χ3v) is 22.6. The number of halogens is 2. The lowest BCUT2D eigenvalue weighted by Crippen LogP contribution is -2.18. The van der Waals surface area contributed by atoms with Crippen LogP contribution in [-0.2, 0) is 25.7 Å². The first-order chi connectivity index (χ1) is 57.3. The van der Waals surface area contributed by atoms with E-state index < -0.39 is 0 Å². The van der Waals surface area contributed by atoms with E-state index >= 15 is 0 Å². The summed E-state index contributed by atoms with van der Waals surface area (Å²) in [6.07, 6.45) is 22.0. The van der Waals surface area contributed by atoms with E-state index in [4.69, 9.17) is 18.1 Å². The maximum Gasteiger partial charge on any atom is 0.141 e. The molecule has 8 heterocycles. The molecule has 0 saturated heterocycles. The number of benzene rings is 8. The van der Waals surface area contributed by atoms with Crippen molar-refractivity contribution < 1.29 is 18.1 Å². The van der Waals surface area contributed by atoms with Gasteiger partial charge in [-0.2, -0.15) is 0 Å². The van der Waals surface area contributed by atoms with Crippen molar-refractivity contribution in [2.45, 2.75) is 136 Å². The van der Waals surface area contributed by atoms with Gasteiger partial charge in [-0.25, -0.2) is 19.3 Å². The van der Waals surface area contributed by atoms with Gasteiger partial charge >= 0.3 is 0 Å². The van der Waals surface area contributed by atoms with Crippen LogP contribution in [0.15, 0.2) is 247 Å². The summed E-state index contributed by atoms with van der Waals surface area (Å²) in [6, 6.07) is 56.3. The summed E-state index contributed by atoms with van der Waals surface area (Å²) in [6.45, 7) is 36.7. The SMILES string of the molecule is CCc1ccc(-c2c(C)noc2C)cc1N(CC)c1ccc(-n2ccnc2)c(Br)c1.CCc1ccc(-c2c(C)noc2C)cc1N(CC)c1ccc(-n2ccnc2)cc1.CCc1ccc(-c2c(C)noc2C)cc1N(CC)c1ccc(-n2ccnn2)c(Br)c1.CCc1ccc(-c2c(C)noc2C)cc1N(CC)c1ccc(-n2ccnn2)cc1. The molecule has 0 amide bonds. The minimum absolute atomic E-state index is 0.839. The van der Waals surface area contributed by atoms with Crippen LogP contribution in [0.5, 0.6) is 0 Å². The highest BCUT2D eigenvalue weighted by atomic mass is 79.9. The van der Waals surface area contributed by atoms with Crippen molar-refractivity contribution in [3.8, 4) is 67.3 Å². The minimum Gasteiger partial charge on any atom is -0.361 e. The van der Waals surface area contributed by atoms with Crippen LogP contribution in [0.3, 0.4) is 0 Å². The number of nitrogens with zero attached hydrogens (tertiary/aromatic N) is 18. The first-order valence-corrected chi connectivity index (χ1v) is 41.7. The molecule has 0 fully saturated rings. The Kier molecular flexibility index (Phi) is 26.9. The number of anilines is 8. The predicted octanol–water partition coefficient (Wildman–Crippen LogP) is 23.8. The average molecular weight is 1710 g/mol.